The van der Waals surface area contributed by atoms with Gasteiger partial charge in [0.1, 0.15) is 17.8 Å². The van der Waals surface area contributed by atoms with E-state index in [-0.39, 0.29) is 30.3 Å². The molecule has 0 radical (unpaired) electrons. The van der Waals surface area contributed by atoms with Crippen LogP contribution >= 0.6 is 0 Å². The first-order valence-corrected chi connectivity index (χ1v) is 19.0. The van der Waals surface area contributed by atoms with Gasteiger partial charge in [0.25, 0.3) is 0 Å². The van der Waals surface area contributed by atoms with Gasteiger partial charge in [-0.1, -0.05) is 12.6 Å². The zero-order valence-electron chi connectivity index (χ0n) is 28.0. The van der Waals surface area contributed by atoms with E-state index in [1.54, 1.807) is 16.6 Å². The lowest BCUT2D eigenvalue weighted by atomic mass is 9.95. The molecule has 7 rings (SSSR count). The minimum atomic E-state index is -3.19. The van der Waals surface area contributed by atoms with E-state index in [9.17, 15) is 17.6 Å². The maximum absolute atomic E-state index is 14.6. The number of benzene rings is 1. The molecule has 4 fully saturated rings. The molecule has 0 saturated carbocycles. The second kappa shape index (κ2) is 14.2. The van der Waals surface area contributed by atoms with Crippen molar-refractivity contribution in [3.8, 4) is 0 Å². The van der Waals surface area contributed by atoms with Gasteiger partial charge in [0.2, 0.25) is 21.9 Å². The van der Waals surface area contributed by atoms with Crippen molar-refractivity contribution in [3.63, 3.8) is 0 Å². The van der Waals surface area contributed by atoms with Gasteiger partial charge >= 0.3 is 0 Å². The zero-order chi connectivity index (χ0) is 34.1. The third-order valence-corrected chi connectivity index (χ3v) is 12.5. The molecule has 14 heteroatoms. The number of sulfonamides is 1. The van der Waals surface area contributed by atoms with E-state index < -0.39 is 22.3 Å². The second-order valence-corrected chi connectivity index (χ2v) is 15.5. The van der Waals surface area contributed by atoms with Crippen LogP contribution in [0.5, 0.6) is 0 Å². The average molecular weight is 693 g/mol. The summed E-state index contributed by atoms with van der Waals surface area (Å²) >= 11 is 0. The fourth-order valence-electron chi connectivity index (χ4n) is 8.00. The summed E-state index contributed by atoms with van der Waals surface area (Å²) in [5.41, 5.74) is 2.09. The number of ether oxygens (including phenoxy) is 1. The number of aromatic nitrogens is 3. The number of amides is 1. The molecule has 49 heavy (non-hydrogen) atoms. The van der Waals surface area contributed by atoms with Crippen molar-refractivity contribution in [2.45, 2.75) is 69.3 Å². The molecular weight excluding hydrogens is 648 g/mol. The Morgan fingerprint density at radius 2 is 1.80 bits per heavy atom. The van der Waals surface area contributed by atoms with Crippen LogP contribution in [0.25, 0.3) is 10.8 Å². The minimum Gasteiger partial charge on any atom is -0.378 e. The van der Waals surface area contributed by atoms with Crippen LogP contribution in [0, 0.1) is 0 Å². The number of likely N-dealkylation sites (tertiary alicyclic amines) is 1. The molecule has 3 atom stereocenters. The number of hydrogen-bond acceptors (Lipinski definition) is 10. The SMILES string of the molecule is C=CC(=O)N1CCC[C@H]1c1ccc(N2CCC(N3CCCCS3(=O)=O)CC2)c2cnc(Nc3ccnc(N4CC[C@@H](OC)[C@@H](F)C4)n3)cc12. The molecule has 1 aromatic carbocycles. The van der Waals surface area contributed by atoms with E-state index in [1.807, 2.05) is 22.1 Å². The van der Waals surface area contributed by atoms with E-state index in [0.717, 1.165) is 73.6 Å². The van der Waals surface area contributed by atoms with Crippen LogP contribution in [0.2, 0.25) is 0 Å². The molecule has 4 aliphatic heterocycles. The van der Waals surface area contributed by atoms with Gasteiger partial charge < -0.3 is 24.8 Å². The van der Waals surface area contributed by atoms with Gasteiger partial charge in [-0.3, -0.25) is 4.79 Å². The van der Waals surface area contributed by atoms with E-state index in [0.29, 0.717) is 43.6 Å². The molecule has 1 N–H and O–H groups in total. The van der Waals surface area contributed by atoms with Gasteiger partial charge in [-0.05, 0) is 80.2 Å². The molecule has 4 saturated heterocycles. The maximum atomic E-state index is 14.6. The number of rotatable bonds is 8. The molecule has 0 bridgehead atoms. The van der Waals surface area contributed by atoms with E-state index in [1.165, 1.54) is 13.2 Å². The van der Waals surface area contributed by atoms with Crippen molar-refractivity contribution < 1.29 is 22.3 Å². The second-order valence-electron chi connectivity index (χ2n) is 13.4. The molecule has 0 spiro atoms. The Morgan fingerprint density at radius 1 is 0.980 bits per heavy atom. The van der Waals surface area contributed by atoms with Crippen molar-refractivity contribution in [1.29, 1.82) is 0 Å². The highest BCUT2D eigenvalue weighted by atomic mass is 32.2. The van der Waals surface area contributed by atoms with Crippen molar-refractivity contribution in [1.82, 2.24) is 24.2 Å². The number of anilines is 4. The monoisotopic (exact) mass is 692 g/mol. The Morgan fingerprint density at radius 3 is 2.55 bits per heavy atom. The topological polar surface area (TPSA) is 124 Å². The molecule has 12 nitrogen and oxygen atoms in total. The molecular formula is C35H45FN8O4S. The van der Waals surface area contributed by atoms with Crippen LogP contribution in [-0.4, -0.2) is 109 Å². The number of halogens is 1. The first-order chi connectivity index (χ1) is 23.8. The van der Waals surface area contributed by atoms with Crippen LogP contribution in [0.1, 0.15) is 56.6 Å². The number of pyridine rings is 1. The number of nitrogens with one attached hydrogen (secondary N) is 1. The molecule has 1 amide bonds. The predicted octanol–water partition coefficient (Wildman–Crippen LogP) is 4.58. The number of carbonyl (C=O) groups excluding carboxylic acids is 1. The fourth-order valence-corrected chi connectivity index (χ4v) is 9.87. The van der Waals surface area contributed by atoms with Crippen molar-refractivity contribution in [2.24, 2.45) is 0 Å². The van der Waals surface area contributed by atoms with Gasteiger partial charge in [-0.25, -0.2) is 22.8 Å². The molecule has 262 valence electrons. The number of carbonyl (C=O) groups is 1. The van der Waals surface area contributed by atoms with Gasteiger partial charge in [-0.2, -0.15) is 9.29 Å². The minimum absolute atomic E-state index is 0.0258. The van der Waals surface area contributed by atoms with Crippen LogP contribution in [-0.2, 0) is 19.6 Å². The summed E-state index contributed by atoms with van der Waals surface area (Å²) < 4.78 is 47.3. The number of nitrogens with zero attached hydrogens (tertiary/aromatic N) is 7. The summed E-state index contributed by atoms with van der Waals surface area (Å²) in [5, 5.41) is 5.30. The number of alkyl halides is 1. The molecule has 0 aliphatic carbocycles. The van der Waals surface area contributed by atoms with Crippen LogP contribution < -0.4 is 15.1 Å². The molecule has 3 aromatic rings. The molecule has 2 aromatic heterocycles. The number of hydrogen-bond donors (Lipinski definition) is 1. The zero-order valence-corrected chi connectivity index (χ0v) is 28.8. The summed E-state index contributed by atoms with van der Waals surface area (Å²) in [7, 11) is -1.66. The third-order valence-electron chi connectivity index (χ3n) is 10.5. The average Bonchev–Trinajstić information content (AvgIpc) is 3.61. The highest BCUT2D eigenvalue weighted by Gasteiger charge is 2.36. The first-order valence-electron chi connectivity index (χ1n) is 17.4. The highest BCUT2D eigenvalue weighted by Crippen LogP contribution is 2.41. The normalized spacial score (nSPS) is 25.1. The maximum Gasteiger partial charge on any atom is 0.246 e. The Balaban J connectivity index is 1.18. The van der Waals surface area contributed by atoms with Gasteiger partial charge in [0, 0.05) is 69.3 Å². The van der Waals surface area contributed by atoms with Gasteiger partial charge in [0.05, 0.1) is 24.4 Å². The van der Waals surface area contributed by atoms with Crippen molar-refractivity contribution in [3.05, 3.63) is 54.9 Å². The standard InChI is InChI=1S/C35H45FN8O4S/c1-3-34(45)43-15-6-7-30(43)25-8-9-29(41-17-11-24(12-18-41)44-16-4-5-20-49(44,46)47)27-22-38-33(21-26(25)27)39-32-10-14-37-35(40-32)42-19-13-31(48-2)28(36)23-42/h3,8-10,14,21-22,24,28,30-31H,1,4-7,11-13,15-20,23H2,2H3,(H,37,38,39,40)/t28-,30-,31+/m0/s1. The summed E-state index contributed by atoms with van der Waals surface area (Å²) in [4.78, 5) is 32.8. The Kier molecular flexibility index (Phi) is 9.71. The first kappa shape index (κ1) is 33.6. The predicted molar refractivity (Wildman–Crippen MR) is 188 cm³/mol. The summed E-state index contributed by atoms with van der Waals surface area (Å²) in [6.45, 7) is 7.25. The lowest BCUT2D eigenvalue weighted by Gasteiger charge is -2.40. The van der Waals surface area contributed by atoms with E-state index in [2.05, 4.69) is 38.9 Å². The number of fused-ring (bicyclic) bond motifs is 1. The quantitative estimate of drug-likeness (QED) is 0.336. The number of piperidine rings is 2. The Hall–Kier alpha value is -3.88. The van der Waals surface area contributed by atoms with Crippen molar-refractivity contribution >= 4 is 50.0 Å². The lowest BCUT2D eigenvalue weighted by molar-refractivity contribution is -0.126. The lowest BCUT2D eigenvalue weighted by Crippen LogP contribution is -2.50. The third kappa shape index (κ3) is 6.82. The van der Waals surface area contributed by atoms with Crippen LogP contribution in [0.15, 0.2) is 49.3 Å². The van der Waals surface area contributed by atoms with E-state index >= 15 is 0 Å². The van der Waals surface area contributed by atoms with E-state index in [4.69, 9.17) is 9.72 Å². The van der Waals surface area contributed by atoms with Gasteiger partial charge in [-0.15, -0.1) is 0 Å². The Labute approximate surface area is 287 Å². The Bertz CT molecular complexity index is 1800. The summed E-state index contributed by atoms with van der Waals surface area (Å²) in [6.07, 6.45) is 8.85. The molecule has 4 aliphatic rings. The number of methoxy groups -OCH3 is 1. The largest absolute Gasteiger partial charge is 0.378 e. The summed E-state index contributed by atoms with van der Waals surface area (Å²) in [6, 6.07) is 7.96. The van der Waals surface area contributed by atoms with Crippen molar-refractivity contribution in [2.75, 3.05) is 67.2 Å². The fraction of sp³-hybridized carbons (Fsp3) is 0.543. The molecule has 0 unspecified atom stereocenters. The summed E-state index contributed by atoms with van der Waals surface area (Å²) in [5.74, 6) is 1.73. The highest BCUT2D eigenvalue weighted by molar-refractivity contribution is 7.89. The molecule has 6 heterocycles. The smallest absolute Gasteiger partial charge is 0.246 e. The van der Waals surface area contributed by atoms with Gasteiger partial charge in [0.15, 0.2) is 0 Å². The van der Waals surface area contributed by atoms with Crippen LogP contribution in [0.4, 0.5) is 27.7 Å². The van der Waals surface area contributed by atoms with Crippen LogP contribution in [0.3, 0.4) is 0 Å².